The molecular formula is C17H28N2. The third-order valence-electron chi connectivity index (χ3n) is 4.34. The summed E-state index contributed by atoms with van der Waals surface area (Å²) in [5.74, 6) is 0. The first-order chi connectivity index (χ1) is 9.11. The molecule has 2 nitrogen and oxygen atoms in total. The van der Waals surface area contributed by atoms with Crippen LogP contribution in [0.25, 0.3) is 0 Å². The Hall–Kier alpha value is -0.860. The summed E-state index contributed by atoms with van der Waals surface area (Å²) in [4.78, 5) is 2.60. The molecule has 1 heterocycles. The van der Waals surface area contributed by atoms with Crippen molar-refractivity contribution in [2.45, 2.75) is 46.1 Å². The van der Waals surface area contributed by atoms with E-state index in [1.54, 1.807) is 5.56 Å². The van der Waals surface area contributed by atoms with Crippen molar-refractivity contribution in [3.63, 3.8) is 0 Å². The van der Waals surface area contributed by atoms with E-state index in [-0.39, 0.29) is 0 Å². The molecule has 0 unspecified atom stereocenters. The molecule has 1 aliphatic rings. The molecule has 0 atom stereocenters. The summed E-state index contributed by atoms with van der Waals surface area (Å²) in [6.45, 7) is 8.92. The standard InChI is InChI=1S/C17H28N2/c1-17(2,14-18)10-5-6-11-19-12-9-15-7-3-4-8-16(15)13-19/h3-4,7-8H,5-6,9-14,18H2,1-2H3. The molecule has 0 aliphatic carbocycles. The van der Waals surface area contributed by atoms with Gasteiger partial charge in [-0.1, -0.05) is 44.5 Å². The maximum absolute atomic E-state index is 5.77. The van der Waals surface area contributed by atoms with Crippen LogP contribution in [0.1, 0.15) is 44.2 Å². The fourth-order valence-electron chi connectivity index (χ4n) is 2.79. The number of fused-ring (bicyclic) bond motifs is 1. The minimum Gasteiger partial charge on any atom is -0.330 e. The van der Waals surface area contributed by atoms with Crippen LogP contribution in [0.2, 0.25) is 0 Å². The van der Waals surface area contributed by atoms with Gasteiger partial charge in [-0.3, -0.25) is 4.90 Å². The van der Waals surface area contributed by atoms with E-state index < -0.39 is 0 Å². The summed E-state index contributed by atoms with van der Waals surface area (Å²) < 4.78 is 0. The summed E-state index contributed by atoms with van der Waals surface area (Å²) in [5, 5.41) is 0. The number of nitrogens with zero attached hydrogens (tertiary/aromatic N) is 1. The Balaban J connectivity index is 1.71. The minimum absolute atomic E-state index is 0.314. The molecule has 19 heavy (non-hydrogen) atoms. The zero-order valence-corrected chi connectivity index (χ0v) is 12.5. The summed E-state index contributed by atoms with van der Waals surface area (Å²) in [6, 6.07) is 8.87. The summed E-state index contributed by atoms with van der Waals surface area (Å²) in [7, 11) is 0. The second kappa shape index (κ2) is 6.53. The van der Waals surface area contributed by atoms with Crippen LogP contribution >= 0.6 is 0 Å². The van der Waals surface area contributed by atoms with Gasteiger partial charge in [-0.05, 0) is 48.9 Å². The summed E-state index contributed by atoms with van der Waals surface area (Å²) in [6.07, 6.45) is 5.05. The Morgan fingerprint density at radius 1 is 1.16 bits per heavy atom. The van der Waals surface area contributed by atoms with Gasteiger partial charge in [0.1, 0.15) is 0 Å². The molecule has 0 saturated carbocycles. The largest absolute Gasteiger partial charge is 0.330 e. The van der Waals surface area contributed by atoms with Crippen molar-refractivity contribution in [1.29, 1.82) is 0 Å². The molecule has 2 N–H and O–H groups in total. The molecule has 0 fully saturated rings. The van der Waals surface area contributed by atoms with E-state index in [4.69, 9.17) is 5.73 Å². The lowest BCUT2D eigenvalue weighted by Gasteiger charge is -2.29. The first-order valence-corrected chi connectivity index (χ1v) is 7.60. The van der Waals surface area contributed by atoms with Gasteiger partial charge >= 0.3 is 0 Å². The topological polar surface area (TPSA) is 29.3 Å². The Labute approximate surface area is 118 Å². The molecule has 1 aromatic carbocycles. The maximum Gasteiger partial charge on any atom is 0.0236 e. The van der Waals surface area contributed by atoms with Crippen molar-refractivity contribution >= 4 is 0 Å². The zero-order chi connectivity index (χ0) is 13.7. The fraction of sp³-hybridized carbons (Fsp3) is 0.647. The lowest BCUT2D eigenvalue weighted by Crippen LogP contribution is -2.31. The fourth-order valence-corrected chi connectivity index (χ4v) is 2.79. The molecule has 0 saturated heterocycles. The smallest absolute Gasteiger partial charge is 0.0236 e. The van der Waals surface area contributed by atoms with Crippen molar-refractivity contribution in [2.24, 2.45) is 11.1 Å². The molecule has 0 radical (unpaired) electrons. The maximum atomic E-state index is 5.77. The molecule has 0 amide bonds. The first kappa shape index (κ1) is 14.5. The number of unbranched alkanes of at least 4 members (excludes halogenated alkanes) is 1. The SMILES string of the molecule is CC(C)(CN)CCCCN1CCc2ccccc2C1. The van der Waals surface area contributed by atoms with E-state index in [1.807, 2.05) is 0 Å². The Bertz CT molecular complexity index is 398. The van der Waals surface area contributed by atoms with Crippen molar-refractivity contribution in [1.82, 2.24) is 4.90 Å². The van der Waals surface area contributed by atoms with Gasteiger partial charge in [-0.2, -0.15) is 0 Å². The third kappa shape index (κ3) is 4.32. The van der Waals surface area contributed by atoms with Gasteiger partial charge in [0.05, 0.1) is 0 Å². The highest BCUT2D eigenvalue weighted by molar-refractivity contribution is 5.28. The van der Waals surface area contributed by atoms with Gasteiger partial charge < -0.3 is 5.73 Å². The van der Waals surface area contributed by atoms with E-state index in [2.05, 4.69) is 43.0 Å². The summed E-state index contributed by atoms with van der Waals surface area (Å²) >= 11 is 0. The quantitative estimate of drug-likeness (QED) is 0.796. The number of hydrogen-bond donors (Lipinski definition) is 1. The average molecular weight is 260 g/mol. The van der Waals surface area contributed by atoms with Crippen LogP contribution in [0, 0.1) is 5.41 Å². The lowest BCUT2D eigenvalue weighted by atomic mass is 9.87. The predicted molar refractivity (Wildman–Crippen MR) is 82.1 cm³/mol. The van der Waals surface area contributed by atoms with Crippen molar-refractivity contribution in [3.05, 3.63) is 35.4 Å². The molecule has 0 spiro atoms. The van der Waals surface area contributed by atoms with Gasteiger partial charge in [-0.25, -0.2) is 0 Å². The molecular weight excluding hydrogens is 232 g/mol. The van der Waals surface area contributed by atoms with Crippen molar-refractivity contribution in [3.8, 4) is 0 Å². The average Bonchev–Trinajstić information content (AvgIpc) is 2.43. The summed E-state index contributed by atoms with van der Waals surface area (Å²) in [5.41, 5.74) is 9.16. The van der Waals surface area contributed by atoms with Crippen LogP contribution in [0.15, 0.2) is 24.3 Å². The monoisotopic (exact) mass is 260 g/mol. The molecule has 1 aliphatic heterocycles. The van der Waals surface area contributed by atoms with Crippen LogP contribution in [0.5, 0.6) is 0 Å². The van der Waals surface area contributed by atoms with E-state index in [0.29, 0.717) is 5.41 Å². The lowest BCUT2D eigenvalue weighted by molar-refractivity contribution is 0.239. The van der Waals surface area contributed by atoms with Crippen molar-refractivity contribution < 1.29 is 0 Å². The molecule has 2 rings (SSSR count). The number of nitrogens with two attached hydrogens (primary N) is 1. The van der Waals surface area contributed by atoms with E-state index in [9.17, 15) is 0 Å². The second-order valence-electron chi connectivity index (χ2n) is 6.62. The van der Waals surface area contributed by atoms with Crippen LogP contribution < -0.4 is 5.73 Å². The Kier molecular flexibility index (Phi) is 5.00. The Morgan fingerprint density at radius 2 is 1.89 bits per heavy atom. The highest BCUT2D eigenvalue weighted by Gasteiger charge is 2.17. The van der Waals surface area contributed by atoms with E-state index in [1.165, 1.54) is 44.3 Å². The highest BCUT2D eigenvalue weighted by atomic mass is 15.1. The van der Waals surface area contributed by atoms with Crippen molar-refractivity contribution in [2.75, 3.05) is 19.6 Å². The van der Waals surface area contributed by atoms with Gasteiger partial charge in [-0.15, -0.1) is 0 Å². The van der Waals surface area contributed by atoms with Crippen LogP contribution in [0.3, 0.4) is 0 Å². The zero-order valence-electron chi connectivity index (χ0n) is 12.5. The highest BCUT2D eigenvalue weighted by Crippen LogP contribution is 2.22. The van der Waals surface area contributed by atoms with Gasteiger partial charge in [0, 0.05) is 13.1 Å². The van der Waals surface area contributed by atoms with Crippen LogP contribution in [-0.2, 0) is 13.0 Å². The van der Waals surface area contributed by atoms with Crippen LogP contribution in [-0.4, -0.2) is 24.5 Å². The van der Waals surface area contributed by atoms with Crippen LogP contribution in [0.4, 0.5) is 0 Å². The number of hydrogen-bond acceptors (Lipinski definition) is 2. The second-order valence-corrected chi connectivity index (χ2v) is 6.62. The first-order valence-electron chi connectivity index (χ1n) is 7.60. The Morgan fingerprint density at radius 3 is 2.63 bits per heavy atom. The normalized spacial score (nSPS) is 16.4. The molecule has 1 aromatic rings. The van der Waals surface area contributed by atoms with E-state index >= 15 is 0 Å². The third-order valence-corrected chi connectivity index (χ3v) is 4.34. The minimum atomic E-state index is 0.314. The van der Waals surface area contributed by atoms with E-state index in [0.717, 1.165) is 13.1 Å². The molecule has 106 valence electrons. The molecule has 0 bridgehead atoms. The number of rotatable bonds is 6. The van der Waals surface area contributed by atoms with Gasteiger partial charge in [0.15, 0.2) is 0 Å². The predicted octanol–water partition coefficient (Wildman–Crippen LogP) is 3.20. The molecule has 2 heteroatoms. The van der Waals surface area contributed by atoms with Gasteiger partial charge in [0.2, 0.25) is 0 Å². The van der Waals surface area contributed by atoms with Gasteiger partial charge in [0.25, 0.3) is 0 Å². The number of benzene rings is 1. The molecule has 0 aromatic heterocycles.